The van der Waals surface area contributed by atoms with E-state index < -0.39 is 5.91 Å². The first kappa shape index (κ1) is 11.4. The van der Waals surface area contributed by atoms with Gasteiger partial charge in [-0.05, 0) is 18.6 Å². The zero-order valence-corrected chi connectivity index (χ0v) is 7.86. The van der Waals surface area contributed by atoms with Crippen LogP contribution in [0.1, 0.15) is 6.42 Å². The normalized spacial score (nSPS) is 10.9. The quantitative estimate of drug-likeness (QED) is 0.625. The van der Waals surface area contributed by atoms with Gasteiger partial charge in [0.2, 0.25) is 11.8 Å². The maximum atomic E-state index is 11.0. The van der Waals surface area contributed by atoms with Gasteiger partial charge in [0.25, 0.3) is 0 Å². The predicted octanol–water partition coefficient (Wildman–Crippen LogP) is 0.0624. The number of hydrogen-bond acceptors (Lipinski definition) is 2. The SMILES string of the molecule is CN(C)C(=O)C=CCC=CC(N)=O. The van der Waals surface area contributed by atoms with Crippen LogP contribution >= 0.6 is 0 Å². The molecule has 0 saturated carbocycles. The van der Waals surface area contributed by atoms with E-state index >= 15 is 0 Å². The van der Waals surface area contributed by atoms with Gasteiger partial charge in [0.05, 0.1) is 0 Å². The average molecular weight is 182 g/mol. The molecule has 72 valence electrons. The lowest BCUT2D eigenvalue weighted by Gasteiger charge is -2.04. The van der Waals surface area contributed by atoms with E-state index in [0.29, 0.717) is 6.42 Å². The fourth-order valence-corrected chi connectivity index (χ4v) is 0.581. The molecule has 0 fully saturated rings. The topological polar surface area (TPSA) is 63.4 Å². The molecule has 0 bridgehead atoms. The molecule has 0 aromatic rings. The molecule has 0 saturated heterocycles. The summed E-state index contributed by atoms with van der Waals surface area (Å²) in [5, 5.41) is 0. The van der Waals surface area contributed by atoms with Gasteiger partial charge in [-0.15, -0.1) is 0 Å². The highest BCUT2D eigenvalue weighted by Crippen LogP contribution is 1.88. The Labute approximate surface area is 77.7 Å². The van der Waals surface area contributed by atoms with Crippen molar-refractivity contribution >= 4 is 11.8 Å². The highest BCUT2D eigenvalue weighted by atomic mass is 16.2. The van der Waals surface area contributed by atoms with E-state index in [4.69, 9.17) is 5.73 Å². The summed E-state index contributed by atoms with van der Waals surface area (Å²) in [5.41, 5.74) is 4.86. The average Bonchev–Trinajstić information content (AvgIpc) is 2.02. The third-order valence-electron chi connectivity index (χ3n) is 1.26. The van der Waals surface area contributed by atoms with Crippen molar-refractivity contribution in [3.05, 3.63) is 24.3 Å². The fourth-order valence-electron chi connectivity index (χ4n) is 0.581. The Kier molecular flexibility index (Phi) is 5.27. The number of carbonyl (C=O) groups excluding carboxylic acids is 2. The lowest BCUT2D eigenvalue weighted by molar-refractivity contribution is -0.123. The largest absolute Gasteiger partial charge is 0.366 e. The molecule has 0 unspecified atom stereocenters. The molecule has 0 spiro atoms. The van der Waals surface area contributed by atoms with E-state index in [2.05, 4.69) is 0 Å². The van der Waals surface area contributed by atoms with Gasteiger partial charge in [0.1, 0.15) is 0 Å². The van der Waals surface area contributed by atoms with Crippen molar-refractivity contribution in [1.29, 1.82) is 0 Å². The van der Waals surface area contributed by atoms with Crippen molar-refractivity contribution in [1.82, 2.24) is 4.90 Å². The molecule has 2 amide bonds. The Bertz CT molecular complexity index is 242. The molecular weight excluding hydrogens is 168 g/mol. The summed E-state index contributed by atoms with van der Waals surface area (Å²) in [6.07, 6.45) is 6.52. The second-order valence-corrected chi connectivity index (χ2v) is 2.68. The summed E-state index contributed by atoms with van der Waals surface area (Å²) in [6.45, 7) is 0. The maximum absolute atomic E-state index is 11.0. The Morgan fingerprint density at radius 3 is 2.23 bits per heavy atom. The summed E-state index contributed by atoms with van der Waals surface area (Å²) < 4.78 is 0. The Morgan fingerprint density at radius 2 is 1.77 bits per heavy atom. The number of nitrogens with zero attached hydrogens (tertiary/aromatic N) is 1. The minimum Gasteiger partial charge on any atom is -0.366 e. The van der Waals surface area contributed by atoms with Gasteiger partial charge >= 0.3 is 0 Å². The first-order valence-electron chi connectivity index (χ1n) is 3.88. The third-order valence-corrected chi connectivity index (χ3v) is 1.26. The van der Waals surface area contributed by atoms with Crippen molar-refractivity contribution in [2.24, 2.45) is 5.73 Å². The zero-order chi connectivity index (χ0) is 10.3. The molecular formula is C9H14N2O2. The summed E-state index contributed by atoms with van der Waals surface area (Å²) in [4.78, 5) is 22.7. The molecule has 13 heavy (non-hydrogen) atoms. The maximum Gasteiger partial charge on any atom is 0.245 e. The van der Waals surface area contributed by atoms with Gasteiger partial charge in [0, 0.05) is 14.1 Å². The van der Waals surface area contributed by atoms with Crippen molar-refractivity contribution < 1.29 is 9.59 Å². The van der Waals surface area contributed by atoms with Crippen molar-refractivity contribution in [2.45, 2.75) is 6.42 Å². The van der Waals surface area contributed by atoms with E-state index in [-0.39, 0.29) is 5.91 Å². The summed E-state index contributed by atoms with van der Waals surface area (Å²) in [5.74, 6) is -0.556. The summed E-state index contributed by atoms with van der Waals surface area (Å²) in [6, 6.07) is 0. The van der Waals surface area contributed by atoms with E-state index in [1.807, 2.05) is 0 Å². The van der Waals surface area contributed by atoms with Crippen LogP contribution in [-0.2, 0) is 9.59 Å². The van der Waals surface area contributed by atoms with Crippen molar-refractivity contribution in [3.63, 3.8) is 0 Å². The summed E-state index contributed by atoms with van der Waals surface area (Å²) in [7, 11) is 3.35. The predicted molar refractivity (Wildman–Crippen MR) is 50.8 cm³/mol. The first-order chi connectivity index (χ1) is 6.04. The Morgan fingerprint density at radius 1 is 1.23 bits per heavy atom. The number of allylic oxidation sites excluding steroid dienone is 2. The number of carbonyl (C=O) groups is 2. The van der Waals surface area contributed by atoms with Crippen LogP contribution in [0, 0.1) is 0 Å². The van der Waals surface area contributed by atoms with Gasteiger partial charge in [0.15, 0.2) is 0 Å². The van der Waals surface area contributed by atoms with Crippen LogP contribution in [0.15, 0.2) is 24.3 Å². The standard InChI is InChI=1S/C9H14N2O2/c1-11(2)9(13)7-5-3-4-6-8(10)12/h4-7H,3H2,1-2H3,(H2,10,12). The van der Waals surface area contributed by atoms with Crippen LogP contribution in [0.5, 0.6) is 0 Å². The fraction of sp³-hybridized carbons (Fsp3) is 0.333. The molecule has 0 rings (SSSR count). The van der Waals surface area contributed by atoms with Crippen LogP contribution < -0.4 is 5.73 Å². The van der Waals surface area contributed by atoms with Gasteiger partial charge in [-0.3, -0.25) is 9.59 Å². The molecule has 0 aliphatic heterocycles. The number of likely N-dealkylation sites (N-methyl/N-ethyl adjacent to an activating group) is 1. The third kappa shape index (κ3) is 6.80. The lowest BCUT2D eigenvalue weighted by Crippen LogP contribution is -2.18. The van der Waals surface area contributed by atoms with E-state index in [9.17, 15) is 9.59 Å². The van der Waals surface area contributed by atoms with Gasteiger partial charge < -0.3 is 10.6 Å². The smallest absolute Gasteiger partial charge is 0.245 e. The molecule has 4 heteroatoms. The van der Waals surface area contributed by atoms with Crippen LogP contribution in [0.2, 0.25) is 0 Å². The number of nitrogens with two attached hydrogens (primary N) is 1. The lowest BCUT2D eigenvalue weighted by atomic mass is 10.3. The zero-order valence-electron chi connectivity index (χ0n) is 7.86. The molecule has 0 aromatic carbocycles. The second-order valence-electron chi connectivity index (χ2n) is 2.68. The number of amides is 2. The van der Waals surface area contributed by atoms with Gasteiger partial charge in [-0.1, -0.05) is 12.2 Å². The second kappa shape index (κ2) is 5.99. The van der Waals surface area contributed by atoms with E-state index in [1.165, 1.54) is 17.1 Å². The number of rotatable bonds is 4. The highest BCUT2D eigenvalue weighted by Gasteiger charge is 1.94. The molecule has 0 aliphatic rings. The molecule has 0 heterocycles. The molecule has 0 radical (unpaired) electrons. The van der Waals surface area contributed by atoms with Crippen molar-refractivity contribution in [3.8, 4) is 0 Å². The van der Waals surface area contributed by atoms with E-state index in [1.54, 1.807) is 26.2 Å². The van der Waals surface area contributed by atoms with Crippen LogP contribution in [0.4, 0.5) is 0 Å². The first-order valence-corrected chi connectivity index (χ1v) is 3.88. The Balaban J connectivity index is 3.76. The summed E-state index contributed by atoms with van der Waals surface area (Å²) >= 11 is 0. The Hall–Kier alpha value is -1.58. The van der Waals surface area contributed by atoms with Gasteiger partial charge in [-0.2, -0.15) is 0 Å². The number of primary amides is 1. The number of hydrogen-bond donors (Lipinski definition) is 1. The minimum atomic E-state index is -0.479. The highest BCUT2D eigenvalue weighted by molar-refractivity contribution is 5.87. The van der Waals surface area contributed by atoms with Crippen LogP contribution in [0.3, 0.4) is 0 Å². The van der Waals surface area contributed by atoms with Crippen LogP contribution in [-0.4, -0.2) is 30.8 Å². The molecule has 2 N–H and O–H groups in total. The monoisotopic (exact) mass is 182 g/mol. The van der Waals surface area contributed by atoms with Crippen LogP contribution in [0.25, 0.3) is 0 Å². The molecule has 0 aromatic heterocycles. The minimum absolute atomic E-state index is 0.0764. The molecule has 0 aliphatic carbocycles. The molecule has 4 nitrogen and oxygen atoms in total. The van der Waals surface area contributed by atoms with Crippen molar-refractivity contribution in [2.75, 3.05) is 14.1 Å². The van der Waals surface area contributed by atoms with Gasteiger partial charge in [-0.25, -0.2) is 0 Å². The van der Waals surface area contributed by atoms with E-state index in [0.717, 1.165) is 0 Å². The molecule has 0 atom stereocenters.